The van der Waals surface area contributed by atoms with Crippen molar-refractivity contribution in [2.75, 3.05) is 5.75 Å². The van der Waals surface area contributed by atoms with Crippen molar-refractivity contribution < 1.29 is 0 Å². The van der Waals surface area contributed by atoms with Gasteiger partial charge in [-0.3, -0.25) is 0 Å². The van der Waals surface area contributed by atoms with Gasteiger partial charge in [-0.1, -0.05) is 52.2 Å². The normalized spacial score (nSPS) is 13.5. The molecule has 61 valence electrons. The molecule has 0 aliphatic rings. The van der Waals surface area contributed by atoms with Gasteiger partial charge < -0.3 is 0 Å². The molecule has 0 aromatic carbocycles. The van der Waals surface area contributed by atoms with Crippen LogP contribution >= 0.6 is 12.6 Å². The van der Waals surface area contributed by atoms with E-state index in [2.05, 4.69) is 13.8 Å². The van der Waals surface area contributed by atoms with Crippen LogP contribution in [0.3, 0.4) is 0 Å². The van der Waals surface area contributed by atoms with Crippen LogP contribution in [0.25, 0.3) is 0 Å². The highest BCUT2D eigenvalue weighted by Gasteiger charge is 2.01. The van der Waals surface area contributed by atoms with E-state index in [1.165, 1.54) is 32.1 Å². The van der Waals surface area contributed by atoms with Crippen molar-refractivity contribution >= 4 is 12.6 Å². The first-order valence-electron chi connectivity index (χ1n) is 4.43. The van der Waals surface area contributed by atoms with Crippen LogP contribution in [0.2, 0.25) is 0 Å². The molecular weight excluding hydrogens is 140 g/mol. The highest BCUT2D eigenvalue weighted by Crippen LogP contribution is 2.14. The van der Waals surface area contributed by atoms with Gasteiger partial charge in [0.2, 0.25) is 0 Å². The third-order valence-corrected chi connectivity index (χ3v) is 2.50. The molecule has 0 aliphatic carbocycles. The van der Waals surface area contributed by atoms with E-state index in [1.54, 1.807) is 0 Å². The highest BCUT2D eigenvalue weighted by atomic mass is 32.1. The van der Waals surface area contributed by atoms with Crippen LogP contribution in [0.15, 0.2) is 0 Å². The zero-order chi connectivity index (χ0) is 7.82. The van der Waals surface area contributed by atoms with Crippen LogP contribution < -0.4 is 0 Å². The first kappa shape index (κ1) is 10.3. The van der Waals surface area contributed by atoms with Crippen molar-refractivity contribution in [3.8, 4) is 0 Å². The van der Waals surface area contributed by atoms with E-state index in [1.807, 2.05) is 0 Å². The maximum absolute atomic E-state index is 5.02. The maximum Gasteiger partial charge on any atom is 0.00652 e. The van der Waals surface area contributed by atoms with Gasteiger partial charge in [0.05, 0.1) is 0 Å². The molecule has 0 amide bonds. The van der Waals surface area contributed by atoms with E-state index in [0.717, 1.165) is 11.7 Å². The summed E-state index contributed by atoms with van der Waals surface area (Å²) in [4.78, 5) is 0. The summed E-state index contributed by atoms with van der Waals surface area (Å²) in [5.41, 5.74) is 0. The summed E-state index contributed by atoms with van der Waals surface area (Å²) in [6.07, 6.45) is 6.71. The van der Waals surface area contributed by atoms with Crippen molar-refractivity contribution in [3.05, 3.63) is 0 Å². The monoisotopic (exact) mass is 159 g/mol. The predicted octanol–water partition coefficient (Wildman–Crippen LogP) is 3.79. The quantitative estimate of drug-likeness (QED) is 0.517. The summed E-state index contributed by atoms with van der Waals surface area (Å²) in [7, 11) is 0. The molecule has 0 N–H and O–H groups in total. The topological polar surface area (TPSA) is 0 Å². The molecule has 0 aromatic rings. The third-order valence-electron chi connectivity index (χ3n) is 2.03. The molecule has 1 heteroatoms. The molecule has 1 radical (unpaired) electrons. The average Bonchev–Trinajstić information content (AvgIpc) is 1.99. The van der Waals surface area contributed by atoms with Gasteiger partial charge in [0.15, 0.2) is 0 Å². The third kappa shape index (κ3) is 5.16. The summed E-state index contributed by atoms with van der Waals surface area (Å²) in [5.74, 6) is 1.78. The van der Waals surface area contributed by atoms with Gasteiger partial charge in [-0.05, 0) is 12.3 Å². The molecule has 0 spiro atoms. The fourth-order valence-electron chi connectivity index (χ4n) is 1.09. The minimum absolute atomic E-state index is 0.821. The average molecular weight is 159 g/mol. The lowest BCUT2D eigenvalue weighted by Gasteiger charge is -2.09. The van der Waals surface area contributed by atoms with E-state index >= 15 is 0 Å². The summed E-state index contributed by atoms with van der Waals surface area (Å²) < 4.78 is 0. The molecule has 0 saturated heterocycles. The predicted molar refractivity (Wildman–Crippen MR) is 50.4 cm³/mol. The van der Waals surface area contributed by atoms with Crippen LogP contribution in [0, 0.1) is 5.92 Å². The van der Waals surface area contributed by atoms with E-state index in [0.29, 0.717) is 0 Å². The highest BCUT2D eigenvalue weighted by molar-refractivity contribution is 7.80. The largest absolute Gasteiger partial charge is 0.0939 e. The van der Waals surface area contributed by atoms with Crippen molar-refractivity contribution in [3.63, 3.8) is 0 Å². The number of hydrogen-bond acceptors (Lipinski definition) is 0. The number of hydrogen-bond donors (Lipinski definition) is 0. The standard InChI is InChI=1S/C9H19S/c1-3-5-6-7-9(4-2)8-10/h9H,3-8H2,1-2H3. The summed E-state index contributed by atoms with van der Waals surface area (Å²) in [6.45, 7) is 4.48. The van der Waals surface area contributed by atoms with E-state index in [4.69, 9.17) is 12.6 Å². The van der Waals surface area contributed by atoms with Crippen molar-refractivity contribution in [2.45, 2.75) is 46.0 Å². The fourth-order valence-corrected chi connectivity index (χ4v) is 1.49. The Morgan fingerprint density at radius 2 is 1.90 bits per heavy atom. The second-order valence-electron chi connectivity index (χ2n) is 2.94. The second kappa shape index (κ2) is 7.46. The lowest BCUT2D eigenvalue weighted by atomic mass is 10.0. The van der Waals surface area contributed by atoms with Crippen LogP contribution in [0.1, 0.15) is 46.0 Å². The Morgan fingerprint density at radius 3 is 2.30 bits per heavy atom. The van der Waals surface area contributed by atoms with Gasteiger partial charge in [-0.15, -0.1) is 0 Å². The molecule has 0 heterocycles. The first-order valence-corrected chi connectivity index (χ1v) is 5.00. The molecular formula is C9H19S. The van der Waals surface area contributed by atoms with E-state index in [9.17, 15) is 0 Å². The van der Waals surface area contributed by atoms with Gasteiger partial charge in [0.1, 0.15) is 0 Å². The lowest BCUT2D eigenvalue weighted by molar-refractivity contribution is 0.490. The Hall–Kier alpha value is 0.350. The summed E-state index contributed by atoms with van der Waals surface area (Å²) in [5, 5.41) is 0. The Labute approximate surface area is 70.8 Å². The minimum atomic E-state index is 0.821. The summed E-state index contributed by atoms with van der Waals surface area (Å²) >= 11 is 5.02. The Morgan fingerprint density at radius 1 is 1.20 bits per heavy atom. The second-order valence-corrected chi connectivity index (χ2v) is 3.27. The molecule has 10 heavy (non-hydrogen) atoms. The molecule has 0 saturated carbocycles. The Balaban J connectivity index is 3.09. The van der Waals surface area contributed by atoms with Gasteiger partial charge in [0, 0.05) is 5.75 Å². The zero-order valence-corrected chi connectivity index (χ0v) is 8.04. The first-order chi connectivity index (χ1) is 4.85. The van der Waals surface area contributed by atoms with Gasteiger partial charge >= 0.3 is 0 Å². The van der Waals surface area contributed by atoms with Crippen LogP contribution in [-0.2, 0) is 0 Å². The molecule has 0 nitrogen and oxygen atoms in total. The lowest BCUT2D eigenvalue weighted by Crippen LogP contribution is -1.99. The van der Waals surface area contributed by atoms with Crippen molar-refractivity contribution in [1.29, 1.82) is 0 Å². The number of rotatable bonds is 6. The maximum atomic E-state index is 5.02. The van der Waals surface area contributed by atoms with E-state index in [-0.39, 0.29) is 0 Å². The van der Waals surface area contributed by atoms with E-state index < -0.39 is 0 Å². The van der Waals surface area contributed by atoms with Crippen LogP contribution in [0.4, 0.5) is 0 Å². The minimum Gasteiger partial charge on any atom is -0.0939 e. The Kier molecular flexibility index (Phi) is 7.72. The van der Waals surface area contributed by atoms with Crippen molar-refractivity contribution in [1.82, 2.24) is 0 Å². The molecule has 0 aliphatic heterocycles. The van der Waals surface area contributed by atoms with Crippen LogP contribution in [-0.4, -0.2) is 5.75 Å². The SMILES string of the molecule is CCCCCC(CC)C[S]. The molecule has 0 bridgehead atoms. The number of unbranched alkanes of at least 4 members (excludes halogenated alkanes) is 2. The van der Waals surface area contributed by atoms with Crippen LogP contribution in [0.5, 0.6) is 0 Å². The molecule has 0 aromatic heterocycles. The molecule has 1 unspecified atom stereocenters. The van der Waals surface area contributed by atoms with Gasteiger partial charge in [-0.2, -0.15) is 0 Å². The Bertz CT molecular complexity index is 57.7. The molecule has 1 atom stereocenters. The zero-order valence-electron chi connectivity index (χ0n) is 7.23. The fraction of sp³-hybridized carbons (Fsp3) is 1.00. The summed E-state index contributed by atoms with van der Waals surface area (Å²) in [6, 6.07) is 0. The molecule has 0 rings (SSSR count). The van der Waals surface area contributed by atoms with Crippen molar-refractivity contribution in [2.24, 2.45) is 5.92 Å². The van der Waals surface area contributed by atoms with Gasteiger partial charge in [-0.25, -0.2) is 0 Å². The molecule has 0 fully saturated rings. The smallest absolute Gasteiger partial charge is 0.00652 e. The van der Waals surface area contributed by atoms with Gasteiger partial charge in [0.25, 0.3) is 0 Å².